The van der Waals surface area contributed by atoms with Crippen molar-refractivity contribution in [3.8, 4) is 5.75 Å². The molecule has 1 aliphatic heterocycles. The zero-order valence-corrected chi connectivity index (χ0v) is 16.2. The number of methoxy groups -OCH3 is 1. The molecule has 0 atom stereocenters. The maximum Gasteiger partial charge on any atom is 0.254 e. The summed E-state index contributed by atoms with van der Waals surface area (Å²) in [5.41, 5.74) is 3.49. The van der Waals surface area contributed by atoms with E-state index in [9.17, 15) is 0 Å². The second kappa shape index (κ2) is 7.42. The molecule has 0 radical (unpaired) electrons. The number of benzene rings is 1. The highest BCUT2D eigenvalue weighted by Gasteiger charge is 2.25. The Balaban J connectivity index is 1.63. The van der Waals surface area contributed by atoms with Gasteiger partial charge in [0, 0.05) is 37.4 Å². The highest BCUT2D eigenvalue weighted by Crippen LogP contribution is 2.30. The molecule has 142 valence electrons. The predicted molar refractivity (Wildman–Crippen MR) is 107 cm³/mol. The van der Waals surface area contributed by atoms with E-state index in [1.54, 1.807) is 13.4 Å². The van der Waals surface area contributed by atoms with Crippen molar-refractivity contribution in [3.63, 3.8) is 0 Å². The third kappa shape index (κ3) is 3.18. The van der Waals surface area contributed by atoms with Gasteiger partial charge in [0.2, 0.25) is 0 Å². The molecule has 1 aromatic carbocycles. The van der Waals surface area contributed by atoms with E-state index >= 15 is 0 Å². The van der Waals surface area contributed by atoms with Crippen LogP contribution >= 0.6 is 0 Å². The zero-order valence-electron chi connectivity index (χ0n) is 16.2. The SMILES string of the molecule is CCCc1c(C)nc2ncnn2c1N1CCN(c2ccccc2OC)CC1. The Morgan fingerprint density at radius 3 is 2.56 bits per heavy atom. The second-order valence-corrected chi connectivity index (χ2v) is 6.87. The maximum absolute atomic E-state index is 5.54. The summed E-state index contributed by atoms with van der Waals surface area (Å²) in [7, 11) is 1.73. The smallest absolute Gasteiger partial charge is 0.254 e. The van der Waals surface area contributed by atoms with Crippen molar-refractivity contribution in [2.24, 2.45) is 0 Å². The van der Waals surface area contributed by atoms with E-state index in [0.29, 0.717) is 5.78 Å². The molecule has 2 aromatic heterocycles. The van der Waals surface area contributed by atoms with Crippen LogP contribution in [0.1, 0.15) is 24.6 Å². The Morgan fingerprint density at radius 2 is 1.81 bits per heavy atom. The van der Waals surface area contributed by atoms with Crippen LogP contribution in [0.4, 0.5) is 11.5 Å². The molecule has 1 aliphatic rings. The number of hydrogen-bond donors (Lipinski definition) is 0. The van der Waals surface area contributed by atoms with Crippen molar-refractivity contribution < 1.29 is 4.74 Å². The fourth-order valence-corrected chi connectivity index (χ4v) is 3.89. The highest BCUT2D eigenvalue weighted by atomic mass is 16.5. The average molecular weight is 366 g/mol. The number of fused-ring (bicyclic) bond motifs is 1. The first-order valence-corrected chi connectivity index (χ1v) is 9.55. The van der Waals surface area contributed by atoms with E-state index in [1.165, 1.54) is 5.56 Å². The van der Waals surface area contributed by atoms with Crippen molar-refractivity contribution in [3.05, 3.63) is 41.9 Å². The van der Waals surface area contributed by atoms with E-state index in [0.717, 1.165) is 62.0 Å². The summed E-state index contributed by atoms with van der Waals surface area (Å²) in [6, 6.07) is 8.22. The third-order valence-electron chi connectivity index (χ3n) is 5.21. The van der Waals surface area contributed by atoms with Crippen LogP contribution in [-0.2, 0) is 6.42 Å². The minimum absolute atomic E-state index is 0.675. The molecule has 0 saturated carbocycles. The molecule has 7 nitrogen and oxygen atoms in total. The Kier molecular flexibility index (Phi) is 4.83. The summed E-state index contributed by atoms with van der Waals surface area (Å²) in [6.45, 7) is 8.00. The first-order chi connectivity index (χ1) is 13.2. The van der Waals surface area contributed by atoms with Gasteiger partial charge in [-0.1, -0.05) is 25.5 Å². The summed E-state index contributed by atoms with van der Waals surface area (Å²) in [6.07, 6.45) is 3.67. The topological polar surface area (TPSA) is 58.8 Å². The van der Waals surface area contributed by atoms with E-state index in [2.05, 4.69) is 50.8 Å². The quantitative estimate of drug-likeness (QED) is 0.692. The van der Waals surface area contributed by atoms with Gasteiger partial charge in [-0.05, 0) is 25.5 Å². The van der Waals surface area contributed by atoms with E-state index in [4.69, 9.17) is 4.74 Å². The lowest BCUT2D eigenvalue weighted by molar-refractivity contribution is 0.413. The Morgan fingerprint density at radius 1 is 1.07 bits per heavy atom. The normalized spacial score (nSPS) is 14.8. The van der Waals surface area contributed by atoms with Gasteiger partial charge < -0.3 is 14.5 Å². The molecule has 0 aliphatic carbocycles. The van der Waals surface area contributed by atoms with Gasteiger partial charge in [-0.3, -0.25) is 0 Å². The molecule has 0 bridgehead atoms. The minimum Gasteiger partial charge on any atom is -0.495 e. The first-order valence-electron chi connectivity index (χ1n) is 9.55. The number of piperazine rings is 1. The lowest BCUT2D eigenvalue weighted by Crippen LogP contribution is -2.47. The fourth-order valence-electron chi connectivity index (χ4n) is 3.89. The molecule has 3 heterocycles. The van der Waals surface area contributed by atoms with Crippen LogP contribution in [-0.4, -0.2) is 52.9 Å². The van der Waals surface area contributed by atoms with E-state index < -0.39 is 0 Å². The molecule has 1 fully saturated rings. The van der Waals surface area contributed by atoms with Gasteiger partial charge in [0.05, 0.1) is 12.8 Å². The van der Waals surface area contributed by atoms with E-state index in [1.807, 2.05) is 16.6 Å². The Hall–Kier alpha value is -2.83. The maximum atomic E-state index is 5.54. The van der Waals surface area contributed by atoms with Crippen LogP contribution in [0.25, 0.3) is 5.78 Å². The number of ether oxygens (including phenoxy) is 1. The van der Waals surface area contributed by atoms with Gasteiger partial charge in [-0.15, -0.1) is 0 Å². The number of aromatic nitrogens is 4. The van der Waals surface area contributed by atoms with Crippen LogP contribution in [0.5, 0.6) is 5.75 Å². The van der Waals surface area contributed by atoms with Gasteiger partial charge in [0.25, 0.3) is 5.78 Å². The summed E-state index contributed by atoms with van der Waals surface area (Å²) in [4.78, 5) is 13.8. The van der Waals surface area contributed by atoms with Crippen molar-refractivity contribution in [1.82, 2.24) is 19.6 Å². The van der Waals surface area contributed by atoms with Gasteiger partial charge in [-0.25, -0.2) is 4.98 Å². The molecule has 0 spiro atoms. The van der Waals surface area contributed by atoms with Crippen LogP contribution < -0.4 is 14.5 Å². The molecule has 0 unspecified atom stereocenters. The molecule has 0 N–H and O–H groups in total. The van der Waals surface area contributed by atoms with Gasteiger partial charge in [0.1, 0.15) is 17.9 Å². The lowest BCUT2D eigenvalue weighted by atomic mass is 10.1. The number of rotatable bonds is 5. The second-order valence-electron chi connectivity index (χ2n) is 6.87. The number of hydrogen-bond acceptors (Lipinski definition) is 6. The van der Waals surface area contributed by atoms with Crippen LogP contribution in [0.15, 0.2) is 30.6 Å². The van der Waals surface area contributed by atoms with E-state index in [-0.39, 0.29) is 0 Å². The van der Waals surface area contributed by atoms with Gasteiger partial charge in [-0.2, -0.15) is 14.6 Å². The number of anilines is 2. The van der Waals surface area contributed by atoms with Crippen molar-refractivity contribution in [2.45, 2.75) is 26.7 Å². The van der Waals surface area contributed by atoms with Crippen molar-refractivity contribution in [1.29, 1.82) is 0 Å². The monoisotopic (exact) mass is 366 g/mol. The van der Waals surface area contributed by atoms with Crippen molar-refractivity contribution in [2.75, 3.05) is 43.1 Å². The van der Waals surface area contributed by atoms with Gasteiger partial charge >= 0.3 is 0 Å². The Labute approximate surface area is 159 Å². The molecule has 0 amide bonds. The van der Waals surface area contributed by atoms with Gasteiger partial charge in [0.15, 0.2) is 0 Å². The molecule has 4 rings (SSSR count). The summed E-state index contributed by atoms with van der Waals surface area (Å²) < 4.78 is 7.44. The molecule has 3 aromatic rings. The predicted octanol–water partition coefficient (Wildman–Crippen LogP) is 2.72. The summed E-state index contributed by atoms with van der Waals surface area (Å²) in [5.74, 6) is 2.75. The molecular formula is C20H26N6O. The largest absolute Gasteiger partial charge is 0.495 e. The number of nitrogens with zero attached hydrogens (tertiary/aromatic N) is 6. The fraction of sp³-hybridized carbons (Fsp3) is 0.450. The summed E-state index contributed by atoms with van der Waals surface area (Å²) >= 11 is 0. The average Bonchev–Trinajstić information content (AvgIpc) is 3.16. The third-order valence-corrected chi connectivity index (χ3v) is 5.21. The standard InChI is InChI=1S/C20H26N6O/c1-4-7-16-15(2)23-20-21-14-22-26(20)19(16)25-12-10-24(11-13-25)17-8-5-6-9-18(17)27-3/h5-6,8-9,14H,4,7,10-13H2,1-3H3. The highest BCUT2D eigenvalue weighted by molar-refractivity contribution is 5.61. The lowest BCUT2D eigenvalue weighted by Gasteiger charge is -2.38. The zero-order chi connectivity index (χ0) is 18.8. The van der Waals surface area contributed by atoms with Crippen molar-refractivity contribution >= 4 is 17.3 Å². The molecule has 7 heteroatoms. The molecule has 1 saturated heterocycles. The summed E-state index contributed by atoms with van der Waals surface area (Å²) in [5, 5.41) is 4.45. The molecular weight excluding hydrogens is 340 g/mol. The Bertz CT molecular complexity index is 929. The van der Waals surface area contributed by atoms with Crippen LogP contribution in [0, 0.1) is 6.92 Å². The van der Waals surface area contributed by atoms with Crippen LogP contribution in [0.3, 0.4) is 0 Å². The number of para-hydroxylation sites is 2. The number of aryl methyl sites for hydroxylation is 1. The molecule has 27 heavy (non-hydrogen) atoms. The minimum atomic E-state index is 0.675. The van der Waals surface area contributed by atoms with Crippen LogP contribution in [0.2, 0.25) is 0 Å². The first kappa shape index (κ1) is 17.6.